The third kappa shape index (κ3) is 4.69. The molecule has 0 aliphatic carbocycles. The molecule has 4 rings (SSSR count). The zero-order valence-corrected chi connectivity index (χ0v) is 18.5. The fourth-order valence-electron chi connectivity index (χ4n) is 3.57. The van der Waals surface area contributed by atoms with E-state index in [1.165, 1.54) is 16.5 Å². The van der Waals surface area contributed by atoms with Crippen molar-refractivity contribution in [1.29, 1.82) is 0 Å². The third-order valence-electron chi connectivity index (χ3n) is 5.16. The van der Waals surface area contributed by atoms with E-state index < -0.39 is 0 Å². The molecule has 3 aromatic carbocycles. The van der Waals surface area contributed by atoms with Gasteiger partial charge < -0.3 is 19.8 Å². The van der Waals surface area contributed by atoms with Crippen LogP contribution in [0.5, 0.6) is 11.5 Å². The maximum absolute atomic E-state index is 6.19. The number of hydrogen-bond donors (Lipinski definition) is 2. The maximum Gasteiger partial charge on any atom is 0.167 e. The number of fused-ring (bicyclic) bond motifs is 1. The van der Waals surface area contributed by atoms with Crippen LogP contribution >= 0.6 is 15.9 Å². The van der Waals surface area contributed by atoms with Crippen LogP contribution in [-0.4, -0.2) is 18.6 Å². The second-order valence-electron chi connectivity index (χ2n) is 7.12. The Morgan fingerprint density at radius 3 is 2.60 bits per heavy atom. The molecule has 4 aromatic rings. The summed E-state index contributed by atoms with van der Waals surface area (Å²) in [5.74, 6) is 1.51. The second-order valence-corrected chi connectivity index (χ2v) is 7.97. The molecule has 0 amide bonds. The molecule has 0 unspecified atom stereocenters. The van der Waals surface area contributed by atoms with E-state index >= 15 is 0 Å². The minimum absolute atomic E-state index is 0.496. The Kier molecular flexibility index (Phi) is 6.72. The summed E-state index contributed by atoms with van der Waals surface area (Å²) in [5, 5.41) is 4.84. The van der Waals surface area contributed by atoms with Crippen LogP contribution in [0, 0.1) is 0 Å². The molecule has 0 bridgehead atoms. The van der Waals surface area contributed by atoms with Gasteiger partial charge in [0.2, 0.25) is 0 Å². The molecule has 2 N–H and O–H groups in total. The normalized spacial score (nSPS) is 11.0. The predicted molar refractivity (Wildman–Crippen MR) is 125 cm³/mol. The average molecular weight is 465 g/mol. The van der Waals surface area contributed by atoms with Gasteiger partial charge in [-0.25, -0.2) is 0 Å². The molecule has 4 nitrogen and oxygen atoms in total. The highest BCUT2D eigenvalue weighted by molar-refractivity contribution is 9.10. The van der Waals surface area contributed by atoms with Crippen LogP contribution in [-0.2, 0) is 19.6 Å². The zero-order chi connectivity index (χ0) is 20.8. The van der Waals surface area contributed by atoms with E-state index in [2.05, 4.69) is 68.8 Å². The van der Waals surface area contributed by atoms with Crippen molar-refractivity contribution in [1.82, 2.24) is 10.3 Å². The topological polar surface area (TPSA) is 46.3 Å². The Labute approximate surface area is 185 Å². The van der Waals surface area contributed by atoms with Gasteiger partial charge in [-0.15, -0.1) is 0 Å². The van der Waals surface area contributed by atoms with Gasteiger partial charge in [-0.3, -0.25) is 0 Å². The molecular weight excluding hydrogens is 440 g/mol. The first kappa shape index (κ1) is 20.5. The number of methoxy groups -OCH3 is 1. The van der Waals surface area contributed by atoms with E-state index in [0.717, 1.165) is 40.1 Å². The molecule has 0 atom stereocenters. The Hall–Kier alpha value is -2.76. The summed E-state index contributed by atoms with van der Waals surface area (Å²) < 4.78 is 12.8. The molecule has 0 radical (unpaired) electrons. The smallest absolute Gasteiger partial charge is 0.167 e. The zero-order valence-electron chi connectivity index (χ0n) is 17.0. The Balaban J connectivity index is 1.43. The SMILES string of the molecule is COc1ccc(Br)c(CNCCc2c[nH]c3ccccc23)c1OCc1ccccc1. The number of ether oxygens (including phenoxy) is 2. The van der Waals surface area contributed by atoms with Crippen LogP contribution in [0.15, 0.2) is 77.4 Å². The lowest BCUT2D eigenvalue weighted by molar-refractivity contribution is 0.280. The molecule has 30 heavy (non-hydrogen) atoms. The summed E-state index contributed by atoms with van der Waals surface area (Å²) in [6, 6.07) is 22.5. The number of benzene rings is 3. The summed E-state index contributed by atoms with van der Waals surface area (Å²) in [6.45, 7) is 2.05. The van der Waals surface area contributed by atoms with Crippen LogP contribution in [0.25, 0.3) is 10.9 Å². The summed E-state index contributed by atoms with van der Waals surface area (Å²) in [5.41, 5.74) is 4.69. The van der Waals surface area contributed by atoms with Gasteiger partial charge in [-0.05, 0) is 42.3 Å². The maximum atomic E-state index is 6.19. The van der Waals surface area contributed by atoms with E-state index in [-0.39, 0.29) is 0 Å². The molecule has 1 aromatic heterocycles. The molecule has 0 saturated carbocycles. The van der Waals surface area contributed by atoms with Crippen LogP contribution in [0.1, 0.15) is 16.7 Å². The summed E-state index contributed by atoms with van der Waals surface area (Å²) in [6.07, 6.45) is 3.05. The minimum atomic E-state index is 0.496. The Morgan fingerprint density at radius 2 is 1.77 bits per heavy atom. The van der Waals surface area contributed by atoms with E-state index in [9.17, 15) is 0 Å². The lowest BCUT2D eigenvalue weighted by Gasteiger charge is -2.17. The van der Waals surface area contributed by atoms with Gasteiger partial charge in [-0.2, -0.15) is 0 Å². The Bertz CT molecular complexity index is 1110. The molecule has 0 aliphatic rings. The van der Waals surface area contributed by atoms with Gasteiger partial charge in [0.1, 0.15) is 6.61 Å². The summed E-state index contributed by atoms with van der Waals surface area (Å²) in [4.78, 5) is 3.34. The number of para-hydroxylation sites is 1. The van der Waals surface area contributed by atoms with E-state index in [1.54, 1.807) is 7.11 Å². The van der Waals surface area contributed by atoms with Crippen molar-refractivity contribution < 1.29 is 9.47 Å². The van der Waals surface area contributed by atoms with Gasteiger partial charge in [0.25, 0.3) is 0 Å². The lowest BCUT2D eigenvalue weighted by Crippen LogP contribution is -2.18. The fraction of sp³-hybridized carbons (Fsp3) is 0.200. The van der Waals surface area contributed by atoms with Gasteiger partial charge in [-0.1, -0.05) is 64.5 Å². The Morgan fingerprint density at radius 1 is 0.967 bits per heavy atom. The molecule has 0 fully saturated rings. The van der Waals surface area contributed by atoms with Gasteiger partial charge in [0.15, 0.2) is 11.5 Å². The number of H-pyrrole nitrogens is 1. The van der Waals surface area contributed by atoms with Crippen molar-refractivity contribution in [2.24, 2.45) is 0 Å². The van der Waals surface area contributed by atoms with E-state index in [1.807, 2.05) is 30.3 Å². The second kappa shape index (κ2) is 9.83. The highest BCUT2D eigenvalue weighted by Crippen LogP contribution is 2.36. The van der Waals surface area contributed by atoms with Gasteiger partial charge in [0, 0.05) is 33.7 Å². The third-order valence-corrected chi connectivity index (χ3v) is 5.90. The molecule has 154 valence electrons. The number of nitrogens with one attached hydrogen (secondary N) is 2. The molecule has 0 aliphatic heterocycles. The van der Waals surface area contributed by atoms with Crippen LogP contribution in [0.4, 0.5) is 0 Å². The van der Waals surface area contributed by atoms with Crippen molar-refractivity contribution in [3.05, 3.63) is 94.1 Å². The molecule has 0 saturated heterocycles. The average Bonchev–Trinajstić information content (AvgIpc) is 3.20. The molecular formula is C25H25BrN2O2. The number of rotatable bonds is 9. The summed E-state index contributed by atoms with van der Waals surface area (Å²) in [7, 11) is 1.67. The molecule has 0 spiro atoms. The number of aromatic amines is 1. The fourth-order valence-corrected chi connectivity index (χ4v) is 4.02. The van der Waals surface area contributed by atoms with Crippen molar-refractivity contribution in [3.8, 4) is 11.5 Å². The monoisotopic (exact) mass is 464 g/mol. The first-order chi connectivity index (χ1) is 14.8. The van der Waals surface area contributed by atoms with Crippen molar-refractivity contribution in [2.45, 2.75) is 19.6 Å². The van der Waals surface area contributed by atoms with Gasteiger partial charge >= 0.3 is 0 Å². The molecule has 5 heteroatoms. The number of hydrogen-bond acceptors (Lipinski definition) is 3. The van der Waals surface area contributed by atoms with Gasteiger partial charge in [0.05, 0.1) is 7.11 Å². The number of halogens is 1. The quantitative estimate of drug-likeness (QED) is 0.305. The summed E-state index contributed by atoms with van der Waals surface area (Å²) >= 11 is 3.68. The minimum Gasteiger partial charge on any atom is -0.493 e. The van der Waals surface area contributed by atoms with Crippen molar-refractivity contribution in [2.75, 3.05) is 13.7 Å². The van der Waals surface area contributed by atoms with E-state index in [4.69, 9.17) is 9.47 Å². The highest BCUT2D eigenvalue weighted by Gasteiger charge is 2.15. The van der Waals surface area contributed by atoms with Crippen LogP contribution < -0.4 is 14.8 Å². The largest absolute Gasteiger partial charge is 0.493 e. The van der Waals surface area contributed by atoms with E-state index in [0.29, 0.717) is 13.2 Å². The van der Waals surface area contributed by atoms with Crippen molar-refractivity contribution >= 4 is 26.8 Å². The molecule has 1 heterocycles. The first-order valence-corrected chi connectivity index (χ1v) is 10.8. The standard InChI is InChI=1S/C25H25BrN2O2/c1-29-24-12-11-22(26)21(25(24)30-17-18-7-3-2-4-8-18)16-27-14-13-19-15-28-23-10-6-5-9-20(19)23/h2-12,15,27-28H,13-14,16-17H2,1H3. The lowest BCUT2D eigenvalue weighted by atomic mass is 10.1. The van der Waals surface area contributed by atoms with Crippen LogP contribution in [0.2, 0.25) is 0 Å². The first-order valence-electron chi connectivity index (χ1n) is 10.0. The van der Waals surface area contributed by atoms with Crippen LogP contribution in [0.3, 0.4) is 0 Å². The predicted octanol–water partition coefficient (Wildman–Crippen LogP) is 5.85. The number of aromatic nitrogens is 1. The van der Waals surface area contributed by atoms with Crippen molar-refractivity contribution in [3.63, 3.8) is 0 Å². The highest BCUT2D eigenvalue weighted by atomic mass is 79.9.